The van der Waals surface area contributed by atoms with Gasteiger partial charge >= 0.3 is 0 Å². The Kier molecular flexibility index (Phi) is 7.22. The van der Waals surface area contributed by atoms with Crippen LogP contribution in [0.5, 0.6) is 11.5 Å². The number of halogens is 1. The van der Waals surface area contributed by atoms with Gasteiger partial charge in [-0.1, -0.05) is 42.5 Å². The van der Waals surface area contributed by atoms with E-state index in [1.165, 1.54) is 0 Å². The van der Waals surface area contributed by atoms with E-state index in [9.17, 15) is 4.79 Å². The topological polar surface area (TPSA) is 56.8 Å². The number of carbonyl (C=O) groups is 1. The third kappa shape index (κ3) is 6.09. The molecule has 5 nitrogen and oxygen atoms in total. The number of nitrogens with one attached hydrogen (secondary N) is 1. The SMILES string of the molecule is O=C(COc1ccc(-c2ccccc2)cc1Br)Nc1cccc(OCC2CCCO2)c1. The molecule has 0 aliphatic carbocycles. The van der Waals surface area contributed by atoms with Gasteiger partial charge in [-0.2, -0.15) is 0 Å². The maximum absolute atomic E-state index is 12.4. The smallest absolute Gasteiger partial charge is 0.262 e. The second kappa shape index (κ2) is 10.5. The molecule has 1 aliphatic heterocycles. The number of carbonyl (C=O) groups excluding carboxylic acids is 1. The summed E-state index contributed by atoms with van der Waals surface area (Å²) in [5, 5.41) is 2.85. The Labute approximate surface area is 190 Å². The monoisotopic (exact) mass is 481 g/mol. The first-order chi connectivity index (χ1) is 15.2. The Morgan fingerprint density at radius 3 is 2.65 bits per heavy atom. The zero-order valence-electron chi connectivity index (χ0n) is 17.1. The lowest BCUT2D eigenvalue weighted by Gasteiger charge is -2.13. The average Bonchev–Trinajstić information content (AvgIpc) is 3.31. The molecule has 0 radical (unpaired) electrons. The van der Waals surface area contributed by atoms with E-state index in [0.29, 0.717) is 23.8 Å². The van der Waals surface area contributed by atoms with E-state index in [1.807, 2.05) is 66.7 Å². The number of anilines is 1. The standard InChI is InChI=1S/C25H24BrNO4/c26-23-14-19(18-6-2-1-3-7-18)11-12-24(23)31-17-25(28)27-20-8-4-9-21(15-20)30-16-22-10-5-13-29-22/h1-4,6-9,11-12,14-15,22H,5,10,13,16-17H2,(H,27,28). The van der Waals surface area contributed by atoms with E-state index in [1.54, 1.807) is 6.07 Å². The molecule has 4 rings (SSSR count). The highest BCUT2D eigenvalue weighted by Gasteiger charge is 2.16. The molecule has 31 heavy (non-hydrogen) atoms. The molecule has 1 saturated heterocycles. The summed E-state index contributed by atoms with van der Waals surface area (Å²) in [5.41, 5.74) is 2.86. The van der Waals surface area contributed by atoms with E-state index in [4.69, 9.17) is 14.2 Å². The third-order valence-corrected chi connectivity index (χ3v) is 5.60. The lowest BCUT2D eigenvalue weighted by atomic mass is 10.1. The lowest BCUT2D eigenvalue weighted by Crippen LogP contribution is -2.20. The normalized spacial score (nSPS) is 15.5. The predicted molar refractivity (Wildman–Crippen MR) is 125 cm³/mol. The van der Waals surface area contributed by atoms with Gasteiger partial charge in [0, 0.05) is 18.4 Å². The van der Waals surface area contributed by atoms with Crippen molar-refractivity contribution in [2.75, 3.05) is 25.1 Å². The van der Waals surface area contributed by atoms with Crippen LogP contribution < -0.4 is 14.8 Å². The fraction of sp³-hybridized carbons (Fsp3) is 0.240. The number of hydrogen-bond acceptors (Lipinski definition) is 4. The van der Waals surface area contributed by atoms with Gasteiger partial charge in [0.25, 0.3) is 5.91 Å². The molecule has 0 spiro atoms. The Balaban J connectivity index is 1.29. The minimum Gasteiger partial charge on any atom is -0.491 e. The van der Waals surface area contributed by atoms with E-state index in [2.05, 4.69) is 21.2 Å². The average molecular weight is 482 g/mol. The van der Waals surface area contributed by atoms with Crippen LogP contribution in [0.4, 0.5) is 5.69 Å². The van der Waals surface area contributed by atoms with Crippen molar-refractivity contribution in [3.05, 3.63) is 77.3 Å². The van der Waals surface area contributed by atoms with Crippen LogP contribution in [0.1, 0.15) is 12.8 Å². The van der Waals surface area contributed by atoms with Crippen molar-refractivity contribution in [1.82, 2.24) is 0 Å². The molecule has 160 valence electrons. The van der Waals surface area contributed by atoms with E-state index < -0.39 is 0 Å². The second-order valence-corrected chi connectivity index (χ2v) is 8.18. The zero-order valence-corrected chi connectivity index (χ0v) is 18.6. The van der Waals surface area contributed by atoms with Crippen LogP contribution in [-0.4, -0.2) is 31.8 Å². The van der Waals surface area contributed by atoms with Gasteiger partial charge in [0.05, 0.1) is 10.6 Å². The fourth-order valence-corrected chi connectivity index (χ4v) is 3.89. The summed E-state index contributed by atoms with van der Waals surface area (Å²) in [4.78, 5) is 12.4. The summed E-state index contributed by atoms with van der Waals surface area (Å²) in [6.07, 6.45) is 2.25. The molecule has 1 fully saturated rings. The van der Waals surface area contributed by atoms with Gasteiger partial charge in [-0.3, -0.25) is 4.79 Å². The molecule has 1 atom stereocenters. The quantitative estimate of drug-likeness (QED) is 0.448. The van der Waals surface area contributed by atoms with Crippen LogP contribution in [0.25, 0.3) is 11.1 Å². The molecule has 3 aromatic carbocycles. The number of hydrogen-bond donors (Lipinski definition) is 1. The highest BCUT2D eigenvalue weighted by molar-refractivity contribution is 9.10. The lowest BCUT2D eigenvalue weighted by molar-refractivity contribution is -0.118. The third-order valence-electron chi connectivity index (χ3n) is 4.98. The first-order valence-corrected chi connectivity index (χ1v) is 11.1. The molecule has 0 saturated carbocycles. The Hall–Kier alpha value is -2.83. The molecule has 6 heteroatoms. The van der Waals surface area contributed by atoms with Gasteiger partial charge in [-0.05, 0) is 64.2 Å². The first-order valence-electron chi connectivity index (χ1n) is 10.3. The van der Waals surface area contributed by atoms with Gasteiger partial charge in [0.15, 0.2) is 6.61 Å². The molecule has 1 heterocycles. The van der Waals surface area contributed by atoms with Crippen LogP contribution in [-0.2, 0) is 9.53 Å². The Morgan fingerprint density at radius 1 is 1.00 bits per heavy atom. The Bertz CT molecular complexity index is 1020. The van der Waals surface area contributed by atoms with Crippen LogP contribution in [0.3, 0.4) is 0 Å². The molecule has 1 unspecified atom stereocenters. The maximum atomic E-state index is 12.4. The molecular formula is C25H24BrNO4. The number of rotatable bonds is 8. The largest absolute Gasteiger partial charge is 0.491 e. The minimum absolute atomic E-state index is 0.0930. The second-order valence-electron chi connectivity index (χ2n) is 7.32. The molecule has 0 aromatic heterocycles. The van der Waals surface area contributed by atoms with Crippen LogP contribution >= 0.6 is 15.9 Å². The first kappa shape index (κ1) is 21.4. The highest BCUT2D eigenvalue weighted by atomic mass is 79.9. The predicted octanol–water partition coefficient (Wildman–Crippen LogP) is 5.69. The van der Waals surface area contributed by atoms with Crippen molar-refractivity contribution >= 4 is 27.5 Å². The minimum atomic E-state index is -0.240. The molecule has 0 bridgehead atoms. The highest BCUT2D eigenvalue weighted by Crippen LogP contribution is 2.30. The van der Waals surface area contributed by atoms with Crippen LogP contribution in [0.2, 0.25) is 0 Å². The number of ether oxygens (including phenoxy) is 3. The summed E-state index contributed by atoms with van der Waals surface area (Å²) in [6.45, 7) is 1.23. The number of amides is 1. The maximum Gasteiger partial charge on any atom is 0.262 e. The summed E-state index contributed by atoms with van der Waals surface area (Å²) in [5.74, 6) is 1.08. The zero-order chi connectivity index (χ0) is 21.5. The van der Waals surface area contributed by atoms with Crippen LogP contribution in [0, 0.1) is 0 Å². The molecular weight excluding hydrogens is 458 g/mol. The summed E-state index contributed by atoms with van der Waals surface area (Å²) < 4.78 is 17.9. The summed E-state index contributed by atoms with van der Waals surface area (Å²) in [7, 11) is 0. The molecule has 1 N–H and O–H groups in total. The molecule has 3 aromatic rings. The summed E-state index contributed by atoms with van der Waals surface area (Å²) >= 11 is 3.53. The van der Waals surface area contributed by atoms with Crippen molar-refractivity contribution in [1.29, 1.82) is 0 Å². The fourth-order valence-electron chi connectivity index (χ4n) is 3.40. The van der Waals surface area contributed by atoms with Crippen molar-refractivity contribution in [3.8, 4) is 22.6 Å². The summed E-state index contributed by atoms with van der Waals surface area (Å²) in [6, 6.07) is 23.2. The van der Waals surface area contributed by atoms with Gasteiger partial charge < -0.3 is 19.5 Å². The Morgan fingerprint density at radius 2 is 1.87 bits per heavy atom. The van der Waals surface area contributed by atoms with Gasteiger partial charge in [0.1, 0.15) is 18.1 Å². The van der Waals surface area contributed by atoms with E-state index >= 15 is 0 Å². The van der Waals surface area contributed by atoms with E-state index in [0.717, 1.165) is 35.0 Å². The van der Waals surface area contributed by atoms with Crippen molar-refractivity contribution in [3.63, 3.8) is 0 Å². The van der Waals surface area contributed by atoms with Crippen LogP contribution in [0.15, 0.2) is 77.3 Å². The van der Waals surface area contributed by atoms with Gasteiger partial charge in [-0.15, -0.1) is 0 Å². The van der Waals surface area contributed by atoms with Gasteiger partial charge in [0.2, 0.25) is 0 Å². The molecule has 1 amide bonds. The van der Waals surface area contributed by atoms with Crippen molar-refractivity contribution in [2.24, 2.45) is 0 Å². The van der Waals surface area contributed by atoms with E-state index in [-0.39, 0.29) is 18.6 Å². The van der Waals surface area contributed by atoms with Crippen molar-refractivity contribution in [2.45, 2.75) is 18.9 Å². The molecule has 1 aliphatic rings. The van der Waals surface area contributed by atoms with Gasteiger partial charge in [-0.25, -0.2) is 0 Å². The van der Waals surface area contributed by atoms with Crippen molar-refractivity contribution < 1.29 is 19.0 Å². The number of benzene rings is 3.